The highest BCUT2D eigenvalue weighted by atomic mass is 32.2. The van der Waals surface area contributed by atoms with Gasteiger partial charge in [0.15, 0.2) is 0 Å². The van der Waals surface area contributed by atoms with Gasteiger partial charge in [0, 0.05) is 5.56 Å². The Morgan fingerprint density at radius 3 is 2.52 bits per heavy atom. The fourth-order valence-corrected chi connectivity index (χ4v) is 3.40. The molecule has 0 unspecified atom stereocenters. The summed E-state index contributed by atoms with van der Waals surface area (Å²) in [5.41, 5.74) is 0.408. The zero-order valence-corrected chi connectivity index (χ0v) is 13.0. The highest BCUT2D eigenvalue weighted by molar-refractivity contribution is 7.93. The molecule has 1 amide bonds. The molecule has 0 bridgehead atoms. The van der Waals surface area contributed by atoms with E-state index in [9.17, 15) is 13.2 Å². The van der Waals surface area contributed by atoms with Crippen molar-refractivity contribution in [3.63, 3.8) is 0 Å². The van der Waals surface area contributed by atoms with E-state index in [0.29, 0.717) is 11.3 Å². The van der Waals surface area contributed by atoms with Crippen molar-refractivity contribution in [1.82, 2.24) is 10.2 Å². The van der Waals surface area contributed by atoms with Crippen LogP contribution in [0.2, 0.25) is 0 Å². The summed E-state index contributed by atoms with van der Waals surface area (Å²) in [6.45, 7) is 1.52. The average molecular weight is 327 g/mol. The van der Waals surface area contributed by atoms with E-state index >= 15 is 0 Å². The Morgan fingerprint density at radius 1 is 1.29 bits per heavy atom. The number of sulfone groups is 1. The van der Waals surface area contributed by atoms with Crippen LogP contribution in [0, 0.1) is 0 Å². The lowest BCUT2D eigenvalue weighted by Gasteiger charge is -2.02. The van der Waals surface area contributed by atoms with E-state index in [4.69, 9.17) is 4.74 Å². The monoisotopic (exact) mass is 327 g/mol. The van der Waals surface area contributed by atoms with Crippen molar-refractivity contribution in [1.29, 1.82) is 0 Å². The molecule has 21 heavy (non-hydrogen) atoms. The third-order valence-corrected chi connectivity index (χ3v) is 5.64. The van der Waals surface area contributed by atoms with Gasteiger partial charge in [0.05, 0.1) is 12.9 Å². The Kier molecular flexibility index (Phi) is 4.53. The second-order valence-electron chi connectivity index (χ2n) is 3.96. The number of carbonyl (C=O) groups excluding carboxylic acids is 1. The van der Waals surface area contributed by atoms with Gasteiger partial charge in [-0.25, -0.2) is 8.42 Å². The largest absolute Gasteiger partial charge is 0.497 e. The van der Waals surface area contributed by atoms with E-state index in [1.165, 1.54) is 14.0 Å². The molecule has 9 heteroatoms. The van der Waals surface area contributed by atoms with E-state index in [1.807, 2.05) is 0 Å². The third-order valence-electron chi connectivity index (χ3n) is 2.63. The number of benzene rings is 1. The quantitative estimate of drug-likeness (QED) is 0.838. The molecule has 1 aromatic heterocycles. The number of nitrogens with zero attached hydrogens (tertiary/aromatic N) is 2. The fraction of sp³-hybridized carbons (Fsp3) is 0.250. The first kappa shape index (κ1) is 15.4. The summed E-state index contributed by atoms with van der Waals surface area (Å²) in [6, 6.07) is 6.50. The second kappa shape index (κ2) is 6.19. The first-order chi connectivity index (χ1) is 9.96. The van der Waals surface area contributed by atoms with Crippen LogP contribution in [0.3, 0.4) is 0 Å². The van der Waals surface area contributed by atoms with Crippen LogP contribution in [0.15, 0.2) is 28.6 Å². The number of aromatic nitrogens is 2. The zero-order valence-electron chi connectivity index (χ0n) is 11.4. The molecule has 0 fully saturated rings. The van der Waals surface area contributed by atoms with E-state index in [2.05, 4.69) is 15.5 Å². The number of hydrogen-bond donors (Lipinski definition) is 1. The summed E-state index contributed by atoms with van der Waals surface area (Å²) in [4.78, 5) is 12.0. The van der Waals surface area contributed by atoms with Crippen molar-refractivity contribution in [3.05, 3.63) is 29.8 Å². The van der Waals surface area contributed by atoms with Crippen molar-refractivity contribution < 1.29 is 17.9 Å². The van der Waals surface area contributed by atoms with Crippen molar-refractivity contribution in [2.45, 2.75) is 11.3 Å². The van der Waals surface area contributed by atoms with Gasteiger partial charge in [0.2, 0.25) is 19.3 Å². The number of nitrogens with one attached hydrogen (secondary N) is 1. The van der Waals surface area contributed by atoms with E-state index in [1.54, 1.807) is 24.3 Å². The van der Waals surface area contributed by atoms with Crippen LogP contribution in [-0.2, 0) is 9.84 Å². The van der Waals surface area contributed by atoms with Crippen LogP contribution in [-0.4, -0.2) is 37.4 Å². The molecule has 0 aliphatic carbocycles. The number of hydrogen-bond acceptors (Lipinski definition) is 7. The smallest absolute Gasteiger partial charge is 0.257 e. The maximum absolute atomic E-state index is 12.0. The lowest BCUT2D eigenvalue weighted by molar-refractivity contribution is 0.102. The van der Waals surface area contributed by atoms with Gasteiger partial charge in [0.1, 0.15) is 5.75 Å². The van der Waals surface area contributed by atoms with Gasteiger partial charge < -0.3 is 4.74 Å². The lowest BCUT2D eigenvalue weighted by atomic mass is 10.2. The molecule has 0 saturated heterocycles. The summed E-state index contributed by atoms with van der Waals surface area (Å²) in [6.07, 6.45) is 0. The SMILES string of the molecule is CCS(=O)(=O)c1nnc(NC(=O)c2ccc(OC)cc2)s1. The number of methoxy groups -OCH3 is 1. The number of carbonyl (C=O) groups is 1. The Bertz CT molecular complexity index is 738. The van der Waals surface area contributed by atoms with E-state index < -0.39 is 15.7 Å². The fourth-order valence-electron chi connectivity index (χ4n) is 1.42. The Labute approximate surface area is 125 Å². The molecule has 0 aliphatic heterocycles. The zero-order chi connectivity index (χ0) is 15.5. The molecule has 1 aromatic carbocycles. The Hall–Kier alpha value is -2.00. The predicted molar refractivity (Wildman–Crippen MR) is 78.6 cm³/mol. The van der Waals surface area contributed by atoms with Gasteiger partial charge in [0.25, 0.3) is 5.91 Å². The Morgan fingerprint density at radius 2 is 1.95 bits per heavy atom. The van der Waals surface area contributed by atoms with Crippen molar-refractivity contribution in [3.8, 4) is 5.75 Å². The molecule has 112 valence electrons. The minimum absolute atomic E-state index is 0.0614. The molecule has 2 aromatic rings. The summed E-state index contributed by atoms with van der Waals surface area (Å²) < 4.78 is 28.1. The standard InChI is InChI=1S/C12H13N3O4S2/c1-3-21(17,18)12-15-14-11(20-12)13-10(16)8-4-6-9(19-2)7-5-8/h4-7H,3H2,1-2H3,(H,13,14,16). The van der Waals surface area contributed by atoms with Gasteiger partial charge in [-0.3, -0.25) is 10.1 Å². The average Bonchev–Trinajstić information content (AvgIpc) is 2.96. The summed E-state index contributed by atoms with van der Waals surface area (Å²) in [7, 11) is -1.88. The first-order valence-corrected chi connectivity index (χ1v) is 8.45. The first-order valence-electron chi connectivity index (χ1n) is 5.98. The normalized spacial score (nSPS) is 11.1. The highest BCUT2D eigenvalue weighted by Gasteiger charge is 2.19. The van der Waals surface area contributed by atoms with E-state index in [-0.39, 0.29) is 15.2 Å². The molecule has 1 heterocycles. The number of anilines is 1. The molecule has 2 rings (SSSR count). The molecule has 7 nitrogen and oxygen atoms in total. The maximum atomic E-state index is 12.0. The van der Waals surface area contributed by atoms with Crippen LogP contribution in [0.5, 0.6) is 5.75 Å². The predicted octanol–water partition coefficient (Wildman–Crippen LogP) is 1.59. The van der Waals surface area contributed by atoms with Crippen LogP contribution in [0.25, 0.3) is 0 Å². The summed E-state index contributed by atoms with van der Waals surface area (Å²) in [5.74, 6) is 0.182. The molecule has 0 saturated carbocycles. The van der Waals surface area contributed by atoms with Gasteiger partial charge in [-0.2, -0.15) is 0 Å². The number of amides is 1. The van der Waals surface area contributed by atoms with Crippen LogP contribution < -0.4 is 10.1 Å². The van der Waals surface area contributed by atoms with Gasteiger partial charge >= 0.3 is 0 Å². The van der Waals surface area contributed by atoms with Crippen molar-refractivity contribution in [2.75, 3.05) is 18.2 Å². The topological polar surface area (TPSA) is 98.3 Å². The lowest BCUT2D eigenvalue weighted by Crippen LogP contribution is -2.11. The highest BCUT2D eigenvalue weighted by Crippen LogP contribution is 2.21. The Balaban J connectivity index is 2.12. The number of ether oxygens (including phenoxy) is 1. The number of rotatable bonds is 5. The van der Waals surface area contributed by atoms with Gasteiger partial charge in [-0.15, -0.1) is 10.2 Å². The minimum atomic E-state index is -3.41. The molecule has 0 spiro atoms. The van der Waals surface area contributed by atoms with Crippen LogP contribution in [0.4, 0.5) is 5.13 Å². The van der Waals surface area contributed by atoms with Crippen molar-refractivity contribution in [2.24, 2.45) is 0 Å². The second-order valence-corrected chi connectivity index (χ2v) is 7.39. The molecule has 0 atom stereocenters. The van der Waals surface area contributed by atoms with E-state index in [0.717, 1.165) is 11.3 Å². The minimum Gasteiger partial charge on any atom is -0.497 e. The maximum Gasteiger partial charge on any atom is 0.257 e. The summed E-state index contributed by atoms with van der Waals surface area (Å²) in [5, 5.41) is 9.90. The third kappa shape index (κ3) is 3.56. The summed E-state index contributed by atoms with van der Waals surface area (Å²) >= 11 is 0.828. The molecule has 0 aliphatic rings. The molecular formula is C12H13N3O4S2. The van der Waals surface area contributed by atoms with Crippen LogP contribution >= 0.6 is 11.3 Å². The molecule has 0 radical (unpaired) electrons. The van der Waals surface area contributed by atoms with Gasteiger partial charge in [-0.1, -0.05) is 18.3 Å². The van der Waals surface area contributed by atoms with Crippen molar-refractivity contribution >= 4 is 32.2 Å². The molecular weight excluding hydrogens is 314 g/mol. The van der Waals surface area contributed by atoms with Gasteiger partial charge in [-0.05, 0) is 24.3 Å². The van der Waals surface area contributed by atoms with Crippen LogP contribution in [0.1, 0.15) is 17.3 Å². The molecule has 1 N–H and O–H groups in total.